The molecule has 0 aliphatic rings. The van der Waals surface area contributed by atoms with Crippen LogP contribution in [0, 0.1) is 11.7 Å². The van der Waals surface area contributed by atoms with Crippen molar-refractivity contribution >= 4 is 11.8 Å². The lowest BCUT2D eigenvalue weighted by Crippen LogP contribution is -2.03. The zero-order valence-electron chi connectivity index (χ0n) is 7.53. The predicted octanol–water partition coefficient (Wildman–Crippen LogP) is 2.55. The van der Waals surface area contributed by atoms with Gasteiger partial charge >= 0.3 is 0 Å². The Morgan fingerprint density at radius 1 is 1.46 bits per heavy atom. The lowest BCUT2D eigenvalue weighted by Gasteiger charge is -2.07. The molecule has 1 aromatic rings. The number of halogens is 1. The molecule has 0 aliphatic carbocycles. The van der Waals surface area contributed by atoms with Gasteiger partial charge in [-0.05, 0) is 18.1 Å². The van der Waals surface area contributed by atoms with Crippen molar-refractivity contribution in [1.29, 1.82) is 0 Å². The van der Waals surface area contributed by atoms with Crippen LogP contribution in [-0.2, 0) is 0 Å². The minimum absolute atomic E-state index is 0.154. The normalized spacial score (nSPS) is 12.8. The molecule has 1 rings (SSSR count). The van der Waals surface area contributed by atoms with Crippen molar-refractivity contribution in [2.24, 2.45) is 5.92 Å². The van der Waals surface area contributed by atoms with Crippen molar-refractivity contribution < 1.29 is 9.50 Å². The summed E-state index contributed by atoms with van der Waals surface area (Å²) in [6, 6.07) is 6.69. The molecule has 1 aromatic carbocycles. The monoisotopic (exact) mass is 200 g/mol. The van der Waals surface area contributed by atoms with E-state index >= 15 is 0 Å². The lowest BCUT2D eigenvalue weighted by atomic mass is 10.2. The molecule has 0 aromatic heterocycles. The molecule has 1 atom stereocenters. The molecule has 1 nitrogen and oxygen atoms in total. The fourth-order valence-corrected chi connectivity index (χ4v) is 1.80. The first kappa shape index (κ1) is 10.5. The smallest absolute Gasteiger partial charge is 0.136 e. The minimum Gasteiger partial charge on any atom is -0.396 e. The van der Waals surface area contributed by atoms with E-state index in [1.54, 1.807) is 12.1 Å². The SMILES string of the molecule is CC(CO)CSc1ccccc1F. The highest BCUT2D eigenvalue weighted by atomic mass is 32.2. The van der Waals surface area contributed by atoms with Crippen LogP contribution in [-0.4, -0.2) is 17.5 Å². The third-order valence-electron chi connectivity index (χ3n) is 1.67. The molecule has 0 heterocycles. The molecule has 1 unspecified atom stereocenters. The molecule has 3 heteroatoms. The van der Waals surface area contributed by atoms with Crippen LogP contribution in [0.5, 0.6) is 0 Å². The summed E-state index contributed by atoms with van der Waals surface area (Å²) in [5.41, 5.74) is 0. The summed E-state index contributed by atoms with van der Waals surface area (Å²) in [7, 11) is 0. The Bertz CT molecular complexity index is 265. The second-order valence-corrected chi connectivity index (χ2v) is 4.09. The highest BCUT2D eigenvalue weighted by Crippen LogP contribution is 2.22. The highest BCUT2D eigenvalue weighted by Gasteiger charge is 2.04. The van der Waals surface area contributed by atoms with E-state index in [-0.39, 0.29) is 18.3 Å². The van der Waals surface area contributed by atoms with Gasteiger partial charge in [-0.1, -0.05) is 19.1 Å². The summed E-state index contributed by atoms with van der Waals surface area (Å²) in [5, 5.41) is 8.78. The summed E-state index contributed by atoms with van der Waals surface area (Å²) >= 11 is 1.44. The number of aliphatic hydroxyl groups excluding tert-OH is 1. The number of hydrogen-bond donors (Lipinski definition) is 1. The van der Waals surface area contributed by atoms with E-state index in [0.717, 1.165) is 5.75 Å². The van der Waals surface area contributed by atoms with E-state index in [1.807, 2.05) is 13.0 Å². The maximum Gasteiger partial charge on any atom is 0.136 e. The van der Waals surface area contributed by atoms with E-state index in [0.29, 0.717) is 4.90 Å². The molecule has 0 saturated heterocycles. The second-order valence-electron chi connectivity index (χ2n) is 3.03. The van der Waals surface area contributed by atoms with Gasteiger partial charge in [0.1, 0.15) is 5.82 Å². The van der Waals surface area contributed by atoms with Crippen molar-refractivity contribution in [1.82, 2.24) is 0 Å². The zero-order valence-corrected chi connectivity index (χ0v) is 8.35. The third-order valence-corrected chi connectivity index (χ3v) is 3.05. The maximum absolute atomic E-state index is 13.1. The zero-order chi connectivity index (χ0) is 9.68. The van der Waals surface area contributed by atoms with E-state index < -0.39 is 0 Å². The summed E-state index contributed by atoms with van der Waals surface area (Å²) in [6.45, 7) is 2.09. The third kappa shape index (κ3) is 3.36. The van der Waals surface area contributed by atoms with Crippen molar-refractivity contribution in [3.63, 3.8) is 0 Å². The van der Waals surface area contributed by atoms with Crippen LogP contribution >= 0.6 is 11.8 Å². The first-order chi connectivity index (χ1) is 6.24. The van der Waals surface area contributed by atoms with Gasteiger partial charge in [0, 0.05) is 17.3 Å². The van der Waals surface area contributed by atoms with Crippen molar-refractivity contribution in [3.8, 4) is 0 Å². The minimum atomic E-state index is -0.183. The van der Waals surface area contributed by atoms with Crippen LogP contribution in [0.25, 0.3) is 0 Å². The Hall–Kier alpha value is -0.540. The predicted molar refractivity (Wildman–Crippen MR) is 53.4 cm³/mol. The molecule has 0 bridgehead atoms. The van der Waals surface area contributed by atoms with Crippen molar-refractivity contribution in [2.45, 2.75) is 11.8 Å². The van der Waals surface area contributed by atoms with Gasteiger partial charge < -0.3 is 5.11 Å². The number of benzene rings is 1. The Kier molecular flexibility index (Phi) is 4.25. The van der Waals surface area contributed by atoms with Gasteiger partial charge in [0.2, 0.25) is 0 Å². The van der Waals surface area contributed by atoms with E-state index in [9.17, 15) is 4.39 Å². The molecule has 1 N–H and O–H groups in total. The molecule has 0 aliphatic heterocycles. The topological polar surface area (TPSA) is 20.2 Å². The molecule has 72 valence electrons. The summed E-state index contributed by atoms with van der Waals surface area (Å²) in [6.07, 6.45) is 0. The molecule has 0 spiro atoms. The van der Waals surface area contributed by atoms with Gasteiger partial charge in [0.15, 0.2) is 0 Å². The summed E-state index contributed by atoms with van der Waals surface area (Å²) in [5.74, 6) is 0.777. The largest absolute Gasteiger partial charge is 0.396 e. The Morgan fingerprint density at radius 3 is 2.77 bits per heavy atom. The molecule has 13 heavy (non-hydrogen) atoms. The van der Waals surface area contributed by atoms with E-state index in [2.05, 4.69) is 0 Å². The number of hydrogen-bond acceptors (Lipinski definition) is 2. The van der Waals surface area contributed by atoms with E-state index in [4.69, 9.17) is 5.11 Å². The quantitative estimate of drug-likeness (QED) is 0.754. The van der Waals surface area contributed by atoms with Crippen LogP contribution in [0.4, 0.5) is 4.39 Å². The van der Waals surface area contributed by atoms with Gasteiger partial charge in [-0.25, -0.2) is 4.39 Å². The Morgan fingerprint density at radius 2 is 2.15 bits per heavy atom. The first-order valence-corrected chi connectivity index (χ1v) is 5.20. The fraction of sp³-hybridized carbons (Fsp3) is 0.400. The van der Waals surface area contributed by atoms with Gasteiger partial charge in [0.05, 0.1) is 0 Å². The molecular formula is C10H13FOS. The average Bonchev–Trinajstić information content (AvgIpc) is 2.16. The molecular weight excluding hydrogens is 187 g/mol. The Balaban J connectivity index is 2.50. The van der Waals surface area contributed by atoms with Crippen molar-refractivity contribution in [3.05, 3.63) is 30.1 Å². The van der Waals surface area contributed by atoms with Gasteiger partial charge in [-0.15, -0.1) is 11.8 Å². The summed E-state index contributed by atoms with van der Waals surface area (Å²) in [4.78, 5) is 0.655. The van der Waals surface area contributed by atoms with Crippen LogP contribution < -0.4 is 0 Å². The molecule has 0 radical (unpaired) electrons. The van der Waals surface area contributed by atoms with Crippen LogP contribution in [0.3, 0.4) is 0 Å². The van der Waals surface area contributed by atoms with Crippen LogP contribution in [0.2, 0.25) is 0 Å². The fourth-order valence-electron chi connectivity index (χ4n) is 0.847. The number of thioether (sulfide) groups is 1. The summed E-state index contributed by atoms with van der Waals surface area (Å²) < 4.78 is 13.1. The highest BCUT2D eigenvalue weighted by molar-refractivity contribution is 7.99. The maximum atomic E-state index is 13.1. The van der Waals surface area contributed by atoms with Crippen LogP contribution in [0.1, 0.15) is 6.92 Å². The van der Waals surface area contributed by atoms with E-state index in [1.165, 1.54) is 17.8 Å². The molecule has 0 saturated carbocycles. The van der Waals surface area contributed by atoms with Gasteiger partial charge in [0.25, 0.3) is 0 Å². The van der Waals surface area contributed by atoms with Gasteiger partial charge in [-0.2, -0.15) is 0 Å². The number of aliphatic hydroxyl groups is 1. The lowest BCUT2D eigenvalue weighted by molar-refractivity contribution is 0.250. The average molecular weight is 200 g/mol. The Labute approximate surface area is 82.0 Å². The molecule has 0 amide bonds. The first-order valence-electron chi connectivity index (χ1n) is 4.22. The van der Waals surface area contributed by atoms with Crippen molar-refractivity contribution in [2.75, 3.05) is 12.4 Å². The van der Waals surface area contributed by atoms with Crippen LogP contribution in [0.15, 0.2) is 29.2 Å². The number of rotatable bonds is 4. The van der Waals surface area contributed by atoms with Gasteiger partial charge in [-0.3, -0.25) is 0 Å². The standard InChI is InChI=1S/C10H13FOS/c1-8(6-12)7-13-10-5-3-2-4-9(10)11/h2-5,8,12H,6-7H2,1H3. The second kappa shape index (κ2) is 5.25. The molecule has 0 fully saturated rings.